The van der Waals surface area contributed by atoms with Crippen molar-refractivity contribution in [2.45, 2.75) is 44.7 Å². The van der Waals surface area contributed by atoms with Crippen molar-refractivity contribution in [2.75, 3.05) is 46.3 Å². The number of hydrogen-bond acceptors (Lipinski definition) is 3. The van der Waals surface area contributed by atoms with Crippen LogP contribution in [0.3, 0.4) is 0 Å². The number of hydrogen-bond donors (Lipinski definition) is 0. The SMILES string of the molecule is CC1CC2(CCN(C3CN(C4CN(C)C4)C3)CC2)C1. The maximum atomic E-state index is 2.80. The Labute approximate surface area is 117 Å². The first-order chi connectivity index (χ1) is 9.13. The van der Waals surface area contributed by atoms with E-state index in [-0.39, 0.29) is 0 Å². The molecule has 19 heavy (non-hydrogen) atoms. The van der Waals surface area contributed by atoms with Crippen LogP contribution in [0, 0.1) is 11.3 Å². The summed E-state index contributed by atoms with van der Waals surface area (Å²) >= 11 is 0. The van der Waals surface area contributed by atoms with Gasteiger partial charge in [0.25, 0.3) is 0 Å². The molecule has 0 N–H and O–H groups in total. The second-order valence-corrected chi connectivity index (χ2v) is 8.03. The minimum absolute atomic E-state index is 0.788. The highest BCUT2D eigenvalue weighted by molar-refractivity contribution is 5.01. The molecule has 0 atom stereocenters. The van der Waals surface area contributed by atoms with E-state index in [1.165, 1.54) is 65.0 Å². The van der Waals surface area contributed by atoms with Gasteiger partial charge in [0, 0.05) is 38.3 Å². The molecule has 3 heterocycles. The molecular formula is C16H29N3. The van der Waals surface area contributed by atoms with Crippen LogP contribution in [0.15, 0.2) is 0 Å². The van der Waals surface area contributed by atoms with Gasteiger partial charge in [0.1, 0.15) is 0 Å². The maximum absolute atomic E-state index is 2.80. The van der Waals surface area contributed by atoms with Gasteiger partial charge in [0.2, 0.25) is 0 Å². The summed E-state index contributed by atoms with van der Waals surface area (Å²) in [6.07, 6.45) is 6.01. The number of nitrogens with zero attached hydrogens (tertiary/aromatic N) is 3. The highest BCUT2D eigenvalue weighted by atomic mass is 15.4. The van der Waals surface area contributed by atoms with Crippen LogP contribution in [-0.2, 0) is 0 Å². The van der Waals surface area contributed by atoms with Gasteiger partial charge in [-0.1, -0.05) is 6.92 Å². The molecule has 0 aromatic rings. The molecule has 3 saturated heterocycles. The lowest BCUT2D eigenvalue weighted by molar-refractivity contribution is -0.0753. The predicted molar refractivity (Wildman–Crippen MR) is 78.3 cm³/mol. The van der Waals surface area contributed by atoms with Crippen LogP contribution in [0.1, 0.15) is 32.6 Å². The van der Waals surface area contributed by atoms with Crippen LogP contribution in [0.4, 0.5) is 0 Å². The number of piperidine rings is 1. The Morgan fingerprint density at radius 3 is 1.95 bits per heavy atom. The van der Waals surface area contributed by atoms with E-state index in [1.807, 2.05) is 0 Å². The molecule has 3 nitrogen and oxygen atoms in total. The van der Waals surface area contributed by atoms with E-state index in [0.717, 1.165) is 23.4 Å². The summed E-state index contributed by atoms with van der Waals surface area (Å²) in [5.41, 5.74) is 0.788. The maximum Gasteiger partial charge on any atom is 0.0351 e. The second kappa shape index (κ2) is 4.44. The van der Waals surface area contributed by atoms with Crippen molar-refractivity contribution in [3.8, 4) is 0 Å². The summed E-state index contributed by atoms with van der Waals surface area (Å²) in [4.78, 5) is 7.94. The first-order valence-corrected chi connectivity index (χ1v) is 8.30. The minimum Gasteiger partial charge on any atom is -0.303 e. The van der Waals surface area contributed by atoms with Gasteiger partial charge in [-0.2, -0.15) is 0 Å². The number of likely N-dealkylation sites (N-methyl/N-ethyl adjacent to an activating group) is 1. The summed E-state index contributed by atoms with van der Waals surface area (Å²) in [6.45, 7) is 10.5. The van der Waals surface area contributed by atoms with E-state index in [1.54, 1.807) is 0 Å². The van der Waals surface area contributed by atoms with Crippen LogP contribution < -0.4 is 0 Å². The summed E-state index contributed by atoms with van der Waals surface area (Å²) in [6, 6.07) is 1.77. The fourth-order valence-corrected chi connectivity index (χ4v) is 5.10. The van der Waals surface area contributed by atoms with Crippen molar-refractivity contribution in [1.82, 2.24) is 14.7 Å². The topological polar surface area (TPSA) is 9.72 Å². The first kappa shape index (κ1) is 12.6. The molecular weight excluding hydrogens is 234 g/mol. The average Bonchev–Trinajstić information content (AvgIpc) is 2.25. The predicted octanol–water partition coefficient (Wildman–Crippen LogP) is 1.50. The Hall–Kier alpha value is -0.120. The fraction of sp³-hybridized carbons (Fsp3) is 1.00. The lowest BCUT2D eigenvalue weighted by atomic mass is 9.58. The zero-order valence-corrected chi connectivity index (χ0v) is 12.6. The van der Waals surface area contributed by atoms with Gasteiger partial charge < -0.3 is 4.90 Å². The standard InChI is InChI=1S/C16H29N3/c1-13-7-16(8-13)3-5-18(6-4-16)15-11-19(12-15)14-9-17(2)10-14/h13-15H,3-12H2,1-2H3. The van der Waals surface area contributed by atoms with Gasteiger partial charge in [0.05, 0.1) is 0 Å². The van der Waals surface area contributed by atoms with Crippen molar-refractivity contribution >= 4 is 0 Å². The monoisotopic (exact) mass is 263 g/mol. The van der Waals surface area contributed by atoms with E-state index in [0.29, 0.717) is 0 Å². The Bertz CT molecular complexity index is 328. The summed E-state index contributed by atoms with van der Waals surface area (Å²) in [7, 11) is 2.23. The number of likely N-dealkylation sites (tertiary alicyclic amines) is 3. The van der Waals surface area contributed by atoms with Crippen LogP contribution >= 0.6 is 0 Å². The lowest BCUT2D eigenvalue weighted by Gasteiger charge is -2.57. The van der Waals surface area contributed by atoms with Gasteiger partial charge in [-0.25, -0.2) is 0 Å². The summed E-state index contributed by atoms with van der Waals surface area (Å²) in [5, 5.41) is 0. The first-order valence-electron chi connectivity index (χ1n) is 8.30. The van der Waals surface area contributed by atoms with Crippen molar-refractivity contribution in [1.29, 1.82) is 0 Å². The molecule has 4 rings (SSSR count). The van der Waals surface area contributed by atoms with Crippen molar-refractivity contribution in [3.05, 3.63) is 0 Å². The molecule has 4 fully saturated rings. The minimum atomic E-state index is 0.788. The van der Waals surface area contributed by atoms with Crippen LogP contribution in [-0.4, -0.2) is 73.1 Å². The molecule has 0 unspecified atom stereocenters. The van der Waals surface area contributed by atoms with Crippen molar-refractivity contribution in [3.63, 3.8) is 0 Å². The molecule has 3 aliphatic heterocycles. The zero-order valence-electron chi connectivity index (χ0n) is 12.6. The average molecular weight is 263 g/mol. The fourth-order valence-electron chi connectivity index (χ4n) is 5.10. The van der Waals surface area contributed by atoms with Gasteiger partial charge in [0.15, 0.2) is 0 Å². The van der Waals surface area contributed by atoms with Gasteiger partial charge in [-0.3, -0.25) is 9.80 Å². The molecule has 4 aliphatic rings. The molecule has 0 amide bonds. The molecule has 0 bridgehead atoms. The van der Waals surface area contributed by atoms with Crippen LogP contribution in [0.25, 0.3) is 0 Å². The molecule has 0 aromatic carbocycles. The normalized spacial score (nSPS) is 35.1. The Kier molecular flexibility index (Phi) is 2.95. The third-order valence-electron chi connectivity index (χ3n) is 6.39. The van der Waals surface area contributed by atoms with Crippen LogP contribution in [0.2, 0.25) is 0 Å². The quantitative estimate of drug-likeness (QED) is 0.747. The number of rotatable bonds is 2. The Balaban J connectivity index is 1.21. The van der Waals surface area contributed by atoms with Crippen molar-refractivity contribution < 1.29 is 0 Å². The van der Waals surface area contributed by atoms with Gasteiger partial charge in [-0.15, -0.1) is 0 Å². The van der Waals surface area contributed by atoms with E-state index in [4.69, 9.17) is 0 Å². The highest BCUT2D eigenvalue weighted by Crippen LogP contribution is 2.52. The van der Waals surface area contributed by atoms with Gasteiger partial charge >= 0.3 is 0 Å². The summed E-state index contributed by atoms with van der Waals surface area (Å²) in [5.74, 6) is 1.02. The molecule has 1 spiro atoms. The molecule has 3 heteroatoms. The highest BCUT2D eigenvalue weighted by Gasteiger charge is 2.46. The molecule has 0 radical (unpaired) electrons. The third-order valence-corrected chi connectivity index (χ3v) is 6.39. The smallest absolute Gasteiger partial charge is 0.0351 e. The lowest BCUT2D eigenvalue weighted by Crippen LogP contribution is -2.69. The van der Waals surface area contributed by atoms with Crippen LogP contribution in [0.5, 0.6) is 0 Å². The van der Waals surface area contributed by atoms with E-state index < -0.39 is 0 Å². The van der Waals surface area contributed by atoms with E-state index in [9.17, 15) is 0 Å². The second-order valence-electron chi connectivity index (χ2n) is 8.03. The van der Waals surface area contributed by atoms with Gasteiger partial charge in [-0.05, 0) is 57.2 Å². The van der Waals surface area contributed by atoms with E-state index in [2.05, 4.69) is 28.7 Å². The Morgan fingerprint density at radius 2 is 1.42 bits per heavy atom. The zero-order chi connectivity index (χ0) is 13.0. The van der Waals surface area contributed by atoms with E-state index >= 15 is 0 Å². The molecule has 1 saturated carbocycles. The molecule has 108 valence electrons. The largest absolute Gasteiger partial charge is 0.303 e. The van der Waals surface area contributed by atoms with Crippen molar-refractivity contribution in [2.24, 2.45) is 11.3 Å². The third kappa shape index (κ3) is 2.14. The molecule has 1 aliphatic carbocycles. The summed E-state index contributed by atoms with van der Waals surface area (Å²) < 4.78 is 0. The Morgan fingerprint density at radius 1 is 0.842 bits per heavy atom. The molecule has 0 aromatic heterocycles.